The molecule has 0 fully saturated rings. The van der Waals surface area contributed by atoms with Gasteiger partial charge in [-0.25, -0.2) is 4.98 Å². The zero-order chi connectivity index (χ0) is 35.4. The highest BCUT2D eigenvalue weighted by atomic mass is 35.5. The summed E-state index contributed by atoms with van der Waals surface area (Å²) in [6, 6.07) is 3.19. The number of ether oxygens (including phenoxy) is 1. The normalized spacial score (nSPS) is 14.5. The predicted octanol–water partition coefficient (Wildman–Crippen LogP) is 9.16. The molecular formula is C38H56Cl2N6O3. The number of aliphatic imine (C=N–C) groups is 1. The van der Waals surface area contributed by atoms with E-state index in [1.807, 2.05) is 11.6 Å². The molecule has 49 heavy (non-hydrogen) atoms. The van der Waals surface area contributed by atoms with E-state index >= 15 is 0 Å². The van der Waals surface area contributed by atoms with Crippen LogP contribution in [0.25, 0.3) is 0 Å². The van der Waals surface area contributed by atoms with E-state index in [0.717, 1.165) is 63.5 Å². The smallest absolute Gasteiger partial charge is 0.310 e. The summed E-state index contributed by atoms with van der Waals surface area (Å²) in [5, 5.41) is 3.82. The molecule has 0 saturated heterocycles. The van der Waals surface area contributed by atoms with Gasteiger partial charge >= 0.3 is 5.97 Å². The van der Waals surface area contributed by atoms with Crippen molar-refractivity contribution in [3.63, 3.8) is 0 Å². The van der Waals surface area contributed by atoms with Crippen LogP contribution in [-0.4, -0.2) is 52.0 Å². The van der Waals surface area contributed by atoms with Crippen molar-refractivity contribution in [2.75, 3.05) is 30.7 Å². The molecule has 2 atom stereocenters. The van der Waals surface area contributed by atoms with Gasteiger partial charge in [-0.3, -0.25) is 19.5 Å². The molecule has 1 aromatic heterocycles. The third kappa shape index (κ3) is 13.5. The van der Waals surface area contributed by atoms with Crippen LogP contribution in [0.5, 0.6) is 0 Å². The Kier molecular flexibility index (Phi) is 18.4. The number of nitrogens with one attached hydrogen (secondary N) is 1. The summed E-state index contributed by atoms with van der Waals surface area (Å²) in [5.74, 6) is -1.47. The van der Waals surface area contributed by atoms with Gasteiger partial charge in [0.2, 0.25) is 11.9 Å². The molecule has 1 aromatic carbocycles. The lowest BCUT2D eigenvalue weighted by atomic mass is 9.83. The van der Waals surface area contributed by atoms with Gasteiger partial charge in [0.05, 0.1) is 47.0 Å². The van der Waals surface area contributed by atoms with Gasteiger partial charge in [-0.05, 0) is 57.1 Å². The van der Waals surface area contributed by atoms with Crippen LogP contribution in [0, 0.1) is 11.8 Å². The lowest BCUT2D eigenvalue weighted by Gasteiger charge is -2.30. The molecule has 3 rings (SSSR count). The molecule has 9 nitrogen and oxygen atoms in total. The highest BCUT2D eigenvalue weighted by molar-refractivity contribution is 6.40. The van der Waals surface area contributed by atoms with E-state index in [0.29, 0.717) is 59.9 Å². The average Bonchev–Trinajstić information content (AvgIpc) is 3.72. The summed E-state index contributed by atoms with van der Waals surface area (Å²) in [6.45, 7) is 5.46. The van der Waals surface area contributed by atoms with E-state index in [9.17, 15) is 9.59 Å². The minimum Gasteiger partial charge on any atom is -0.465 e. The van der Waals surface area contributed by atoms with Crippen LogP contribution in [0.15, 0.2) is 54.0 Å². The first kappa shape index (κ1) is 40.1. The van der Waals surface area contributed by atoms with Crippen LogP contribution in [0.1, 0.15) is 103 Å². The Hall–Kier alpha value is -3.30. The second-order valence-electron chi connectivity index (χ2n) is 12.8. The number of aromatic nitrogens is 2. The summed E-state index contributed by atoms with van der Waals surface area (Å²) in [7, 11) is 1.90. The van der Waals surface area contributed by atoms with Crippen molar-refractivity contribution in [3.8, 4) is 0 Å². The molecule has 11 heteroatoms. The summed E-state index contributed by atoms with van der Waals surface area (Å²) in [4.78, 5) is 38.8. The van der Waals surface area contributed by atoms with Crippen molar-refractivity contribution in [2.45, 2.75) is 104 Å². The number of nitrogens with two attached hydrogens (primary N) is 1. The predicted molar refractivity (Wildman–Crippen MR) is 203 cm³/mol. The number of anilines is 2. The quantitative estimate of drug-likeness (QED) is 0.0544. The van der Waals surface area contributed by atoms with Crippen molar-refractivity contribution in [2.24, 2.45) is 23.9 Å². The summed E-state index contributed by atoms with van der Waals surface area (Å²) in [5.41, 5.74) is 7.63. The highest BCUT2D eigenvalue weighted by Gasteiger charge is 2.40. The number of esters is 1. The molecule has 0 saturated carbocycles. The van der Waals surface area contributed by atoms with E-state index in [4.69, 9.17) is 33.7 Å². The monoisotopic (exact) mass is 714 g/mol. The van der Waals surface area contributed by atoms with Crippen molar-refractivity contribution >= 4 is 52.4 Å². The lowest BCUT2D eigenvalue weighted by molar-refractivity contribution is -0.154. The van der Waals surface area contributed by atoms with Crippen molar-refractivity contribution in [3.05, 3.63) is 64.7 Å². The van der Waals surface area contributed by atoms with Gasteiger partial charge in [0.1, 0.15) is 0 Å². The first-order valence-corrected chi connectivity index (χ1v) is 18.8. The van der Waals surface area contributed by atoms with Gasteiger partial charge in [-0.2, -0.15) is 0 Å². The zero-order valence-electron chi connectivity index (χ0n) is 29.6. The molecule has 0 radical (unpaired) electrons. The number of allylic oxidation sites excluding steroid dienone is 4. The maximum atomic E-state index is 14.5. The molecule has 1 aliphatic heterocycles. The number of amides is 1. The average molecular weight is 716 g/mol. The Morgan fingerprint density at radius 1 is 0.959 bits per heavy atom. The zero-order valence-corrected chi connectivity index (χ0v) is 31.2. The van der Waals surface area contributed by atoms with Gasteiger partial charge in [0, 0.05) is 37.6 Å². The number of hydrogen-bond donors (Lipinski definition) is 2. The van der Waals surface area contributed by atoms with Crippen LogP contribution in [-0.2, 0) is 27.8 Å². The van der Waals surface area contributed by atoms with Gasteiger partial charge in [-0.15, -0.1) is 0 Å². The number of carbonyl (C=O) groups is 2. The SMILES string of the molecule is CCCCC/C=C\C/C=C\CCCCC[C@H](C(=O)N1CCN=C1Nc1c(Cl)cc(N)cc1Cl)[C@@H](Cc1cncn1C)C(=O)OCCCCC. The largest absolute Gasteiger partial charge is 0.465 e. The number of rotatable bonds is 22. The number of halogens is 2. The molecule has 0 spiro atoms. The summed E-state index contributed by atoms with van der Waals surface area (Å²) in [6.07, 6.45) is 25.8. The molecule has 1 aliphatic rings. The van der Waals surface area contributed by atoms with Crippen molar-refractivity contribution in [1.29, 1.82) is 0 Å². The van der Waals surface area contributed by atoms with Crippen molar-refractivity contribution < 1.29 is 14.3 Å². The number of benzene rings is 1. The van der Waals surface area contributed by atoms with Crippen LogP contribution in [0.4, 0.5) is 11.4 Å². The molecule has 0 bridgehead atoms. The molecule has 2 heterocycles. The number of guanidine groups is 1. The fourth-order valence-corrected chi connectivity index (χ4v) is 6.54. The second-order valence-corrected chi connectivity index (χ2v) is 13.6. The Labute approximate surface area is 303 Å². The third-order valence-corrected chi connectivity index (χ3v) is 9.41. The number of unbranched alkanes of at least 4 members (excludes halogenated alkanes) is 8. The van der Waals surface area contributed by atoms with E-state index in [-0.39, 0.29) is 11.9 Å². The van der Waals surface area contributed by atoms with E-state index < -0.39 is 11.8 Å². The molecule has 3 N–H and O–H groups in total. The fraction of sp³-hybridized carbons (Fsp3) is 0.579. The minimum atomic E-state index is -0.681. The molecule has 0 aliphatic carbocycles. The number of imidazole rings is 1. The van der Waals surface area contributed by atoms with Crippen LogP contribution < -0.4 is 11.1 Å². The Balaban J connectivity index is 1.75. The standard InChI is InChI=1S/C38H56Cl2N6O3/c1-4-6-8-9-10-11-12-13-14-15-16-17-18-20-31(32(26-30-27-42-28-45(30)3)37(48)49-23-19-7-5-2)36(47)46-22-21-43-38(46)44-35-33(39)24-29(41)25-34(35)40/h10-11,13-14,24-25,27-28,31-32H,4-9,12,15-23,26,41H2,1-3H3,(H,43,44)/b11-10-,14-13-/t31-,32+/m0/s1. The van der Waals surface area contributed by atoms with Crippen LogP contribution in [0.3, 0.4) is 0 Å². The van der Waals surface area contributed by atoms with Crippen molar-refractivity contribution in [1.82, 2.24) is 14.5 Å². The minimum absolute atomic E-state index is 0.172. The topological polar surface area (TPSA) is 115 Å². The number of aryl methyl sites for hydroxylation is 1. The van der Waals surface area contributed by atoms with Gasteiger partial charge in [-0.1, -0.05) is 99.9 Å². The van der Waals surface area contributed by atoms with E-state index in [2.05, 4.69) is 53.4 Å². The Morgan fingerprint density at radius 3 is 2.29 bits per heavy atom. The molecule has 0 unspecified atom stereocenters. The highest BCUT2D eigenvalue weighted by Crippen LogP contribution is 2.34. The van der Waals surface area contributed by atoms with E-state index in [1.54, 1.807) is 29.6 Å². The number of hydrogen-bond acceptors (Lipinski definition) is 7. The maximum absolute atomic E-state index is 14.5. The van der Waals surface area contributed by atoms with Gasteiger partial charge in [0.15, 0.2) is 0 Å². The third-order valence-electron chi connectivity index (χ3n) is 8.82. The number of nitrogen functional groups attached to an aromatic ring is 1. The van der Waals surface area contributed by atoms with Crippen LogP contribution >= 0.6 is 23.2 Å². The Bertz CT molecular complexity index is 1380. The number of carbonyl (C=O) groups excluding carboxylic acids is 2. The molecule has 270 valence electrons. The Morgan fingerprint density at radius 2 is 1.63 bits per heavy atom. The first-order valence-electron chi connectivity index (χ1n) is 18.1. The lowest BCUT2D eigenvalue weighted by Crippen LogP contribution is -2.46. The van der Waals surface area contributed by atoms with Gasteiger partial charge < -0.3 is 20.4 Å². The summed E-state index contributed by atoms with van der Waals surface area (Å²) < 4.78 is 7.72. The number of nitrogens with zero attached hydrogens (tertiary/aromatic N) is 4. The first-order chi connectivity index (χ1) is 23.8. The summed E-state index contributed by atoms with van der Waals surface area (Å²) >= 11 is 12.9. The maximum Gasteiger partial charge on any atom is 0.310 e. The molecule has 1 amide bonds. The molecule has 2 aromatic rings. The van der Waals surface area contributed by atoms with E-state index in [1.165, 1.54) is 19.3 Å². The second kappa shape index (κ2) is 22.4. The molecular weight excluding hydrogens is 659 g/mol. The van der Waals surface area contributed by atoms with Crippen LogP contribution in [0.2, 0.25) is 10.0 Å². The fourth-order valence-electron chi connectivity index (χ4n) is 5.94. The van der Waals surface area contributed by atoms with Gasteiger partial charge in [0.25, 0.3) is 0 Å².